The number of para-hydroxylation sites is 1. The summed E-state index contributed by atoms with van der Waals surface area (Å²) in [6.45, 7) is 2.06. The monoisotopic (exact) mass is 192 g/mol. The summed E-state index contributed by atoms with van der Waals surface area (Å²) in [5, 5.41) is 3.32. The first-order valence-corrected chi connectivity index (χ1v) is 4.85. The molecule has 0 radical (unpaired) electrons. The summed E-state index contributed by atoms with van der Waals surface area (Å²) in [5.74, 6) is 0. The number of hydrogen-bond donors (Lipinski definition) is 4. The van der Waals surface area contributed by atoms with Crippen molar-refractivity contribution < 1.29 is 0 Å². The van der Waals surface area contributed by atoms with Crippen LogP contribution in [0, 0.1) is 0 Å². The zero-order chi connectivity index (χ0) is 9.97. The molecular formula is C10H16N4. The van der Waals surface area contributed by atoms with Gasteiger partial charge in [0.2, 0.25) is 0 Å². The fourth-order valence-electron chi connectivity index (χ4n) is 1.55. The van der Waals surface area contributed by atoms with Gasteiger partial charge >= 0.3 is 0 Å². The fraction of sp³-hybridized carbons (Fsp3) is 0.400. The van der Waals surface area contributed by atoms with Gasteiger partial charge in [-0.2, -0.15) is 0 Å². The van der Waals surface area contributed by atoms with Gasteiger partial charge in [0.15, 0.2) is 0 Å². The van der Waals surface area contributed by atoms with Crippen LogP contribution in [-0.2, 0) is 0 Å². The van der Waals surface area contributed by atoms with E-state index in [0.29, 0.717) is 0 Å². The van der Waals surface area contributed by atoms with Gasteiger partial charge in [0.05, 0.1) is 6.04 Å². The molecular weight excluding hydrogens is 176 g/mol. The molecule has 3 atom stereocenters. The number of hydrazine groups is 1. The van der Waals surface area contributed by atoms with Gasteiger partial charge in [-0.25, -0.2) is 5.43 Å². The van der Waals surface area contributed by atoms with Crippen LogP contribution in [0.25, 0.3) is 0 Å². The van der Waals surface area contributed by atoms with Gasteiger partial charge in [-0.3, -0.25) is 5.43 Å². The van der Waals surface area contributed by atoms with E-state index in [1.54, 1.807) is 0 Å². The standard InChI is InChI=1S/C10H16N4/c1-7-9(11)10(14-13-7)12-8-5-3-2-4-6-8/h2-7,9-10,12-14H,11H2,1H3. The summed E-state index contributed by atoms with van der Waals surface area (Å²) in [4.78, 5) is 0. The minimum Gasteiger partial charge on any atom is -0.367 e. The predicted molar refractivity (Wildman–Crippen MR) is 57.6 cm³/mol. The molecule has 1 aliphatic heterocycles. The quantitative estimate of drug-likeness (QED) is 0.542. The van der Waals surface area contributed by atoms with Crippen molar-refractivity contribution >= 4 is 5.69 Å². The lowest BCUT2D eigenvalue weighted by Crippen LogP contribution is -2.45. The van der Waals surface area contributed by atoms with Crippen LogP contribution >= 0.6 is 0 Å². The Morgan fingerprint density at radius 1 is 1.21 bits per heavy atom. The molecule has 14 heavy (non-hydrogen) atoms. The van der Waals surface area contributed by atoms with Gasteiger partial charge in [-0.05, 0) is 19.1 Å². The first-order valence-electron chi connectivity index (χ1n) is 4.85. The van der Waals surface area contributed by atoms with Crippen LogP contribution in [0.1, 0.15) is 6.92 Å². The molecule has 0 aromatic heterocycles. The van der Waals surface area contributed by atoms with Crippen LogP contribution in [0.4, 0.5) is 5.69 Å². The molecule has 0 amide bonds. The van der Waals surface area contributed by atoms with Gasteiger partial charge in [0.25, 0.3) is 0 Å². The van der Waals surface area contributed by atoms with Gasteiger partial charge in [-0.15, -0.1) is 0 Å². The van der Waals surface area contributed by atoms with E-state index >= 15 is 0 Å². The van der Waals surface area contributed by atoms with Crippen LogP contribution in [0.2, 0.25) is 0 Å². The van der Waals surface area contributed by atoms with Crippen molar-refractivity contribution in [3.63, 3.8) is 0 Å². The van der Waals surface area contributed by atoms with Crippen LogP contribution in [0.15, 0.2) is 30.3 Å². The average molecular weight is 192 g/mol. The third-order valence-corrected chi connectivity index (χ3v) is 2.52. The maximum Gasteiger partial charge on any atom is 0.106 e. The van der Waals surface area contributed by atoms with Crippen molar-refractivity contribution in [2.75, 3.05) is 5.32 Å². The zero-order valence-electron chi connectivity index (χ0n) is 8.20. The molecule has 2 rings (SSSR count). The molecule has 1 heterocycles. The van der Waals surface area contributed by atoms with E-state index in [-0.39, 0.29) is 18.2 Å². The molecule has 4 heteroatoms. The van der Waals surface area contributed by atoms with Gasteiger partial charge < -0.3 is 11.1 Å². The lowest BCUT2D eigenvalue weighted by Gasteiger charge is -2.18. The van der Waals surface area contributed by atoms with Crippen molar-refractivity contribution in [2.24, 2.45) is 5.73 Å². The normalized spacial score (nSPS) is 31.7. The third-order valence-electron chi connectivity index (χ3n) is 2.52. The Kier molecular flexibility index (Phi) is 2.67. The van der Waals surface area contributed by atoms with Crippen molar-refractivity contribution in [3.05, 3.63) is 30.3 Å². The first-order chi connectivity index (χ1) is 6.77. The van der Waals surface area contributed by atoms with Crippen LogP contribution in [0.3, 0.4) is 0 Å². The molecule has 1 saturated heterocycles. The van der Waals surface area contributed by atoms with Crippen molar-refractivity contribution in [1.29, 1.82) is 0 Å². The van der Waals surface area contributed by atoms with Crippen LogP contribution < -0.4 is 21.9 Å². The molecule has 0 aliphatic carbocycles. The molecule has 1 aliphatic rings. The highest BCUT2D eigenvalue weighted by molar-refractivity contribution is 5.43. The molecule has 1 aromatic rings. The van der Waals surface area contributed by atoms with E-state index in [2.05, 4.69) is 23.1 Å². The minimum absolute atomic E-state index is 0.0789. The van der Waals surface area contributed by atoms with E-state index in [0.717, 1.165) is 5.69 Å². The molecule has 3 unspecified atom stereocenters. The summed E-state index contributed by atoms with van der Waals surface area (Å²) in [6.07, 6.45) is 0.0902. The molecule has 1 aromatic carbocycles. The summed E-state index contributed by atoms with van der Waals surface area (Å²) in [5.41, 5.74) is 13.3. The van der Waals surface area contributed by atoms with Crippen molar-refractivity contribution in [2.45, 2.75) is 25.2 Å². The third kappa shape index (κ3) is 1.87. The summed E-state index contributed by atoms with van der Waals surface area (Å²) in [7, 11) is 0. The number of rotatable bonds is 2. The van der Waals surface area contributed by atoms with E-state index in [1.807, 2.05) is 30.3 Å². The number of nitrogens with one attached hydrogen (secondary N) is 3. The van der Waals surface area contributed by atoms with Crippen molar-refractivity contribution in [1.82, 2.24) is 10.9 Å². The Bertz CT molecular complexity index is 287. The van der Waals surface area contributed by atoms with Crippen molar-refractivity contribution in [3.8, 4) is 0 Å². The highest BCUT2D eigenvalue weighted by Gasteiger charge is 2.29. The highest BCUT2D eigenvalue weighted by atomic mass is 15.5. The number of nitrogens with two attached hydrogens (primary N) is 1. The molecule has 0 spiro atoms. The first kappa shape index (κ1) is 9.45. The lowest BCUT2D eigenvalue weighted by atomic mass is 10.1. The van der Waals surface area contributed by atoms with E-state index in [1.165, 1.54) is 0 Å². The Hall–Kier alpha value is -1.10. The molecule has 1 fully saturated rings. The average Bonchev–Trinajstić information content (AvgIpc) is 2.52. The number of benzene rings is 1. The molecule has 5 N–H and O–H groups in total. The van der Waals surface area contributed by atoms with Gasteiger partial charge in [0.1, 0.15) is 6.17 Å². The van der Waals surface area contributed by atoms with E-state index < -0.39 is 0 Å². The Labute approximate surface area is 83.8 Å². The Morgan fingerprint density at radius 2 is 1.93 bits per heavy atom. The predicted octanol–water partition coefficient (Wildman–Crippen LogP) is 0.248. The Morgan fingerprint density at radius 3 is 2.50 bits per heavy atom. The molecule has 4 nitrogen and oxygen atoms in total. The lowest BCUT2D eigenvalue weighted by molar-refractivity contribution is 0.566. The fourth-order valence-corrected chi connectivity index (χ4v) is 1.55. The summed E-state index contributed by atoms with van der Waals surface area (Å²) >= 11 is 0. The molecule has 76 valence electrons. The summed E-state index contributed by atoms with van der Waals surface area (Å²) < 4.78 is 0. The second kappa shape index (κ2) is 3.96. The molecule has 0 saturated carbocycles. The number of anilines is 1. The number of hydrogen-bond acceptors (Lipinski definition) is 4. The second-order valence-corrected chi connectivity index (χ2v) is 3.64. The Balaban J connectivity index is 1.99. The van der Waals surface area contributed by atoms with Gasteiger partial charge in [0, 0.05) is 11.7 Å². The minimum atomic E-state index is 0.0789. The topological polar surface area (TPSA) is 62.1 Å². The van der Waals surface area contributed by atoms with E-state index in [4.69, 9.17) is 5.73 Å². The maximum absolute atomic E-state index is 5.98. The maximum atomic E-state index is 5.98. The second-order valence-electron chi connectivity index (χ2n) is 3.64. The van der Waals surface area contributed by atoms with Crippen LogP contribution in [0.5, 0.6) is 0 Å². The zero-order valence-corrected chi connectivity index (χ0v) is 8.20. The van der Waals surface area contributed by atoms with Crippen LogP contribution in [-0.4, -0.2) is 18.2 Å². The SMILES string of the molecule is CC1NNC(Nc2ccccc2)C1N. The largest absolute Gasteiger partial charge is 0.367 e. The van der Waals surface area contributed by atoms with E-state index in [9.17, 15) is 0 Å². The highest BCUT2D eigenvalue weighted by Crippen LogP contribution is 2.10. The molecule has 0 bridgehead atoms. The summed E-state index contributed by atoms with van der Waals surface area (Å²) in [6, 6.07) is 10.4. The smallest absolute Gasteiger partial charge is 0.106 e. The van der Waals surface area contributed by atoms with Gasteiger partial charge in [-0.1, -0.05) is 18.2 Å².